The lowest BCUT2D eigenvalue weighted by Crippen LogP contribution is -2.74. The Labute approximate surface area is 168 Å². The number of amides is 2. The first-order valence-electron chi connectivity index (χ1n) is 9.32. The van der Waals surface area contributed by atoms with E-state index in [0.717, 1.165) is 0 Å². The van der Waals surface area contributed by atoms with E-state index < -0.39 is 11.0 Å². The monoisotopic (exact) mass is 397 g/mol. The number of nitrogens with zero attached hydrogens (tertiary/aromatic N) is 1. The van der Waals surface area contributed by atoms with E-state index in [4.69, 9.17) is 10.5 Å². The molecule has 2 rings (SSSR count). The Morgan fingerprint density at radius 1 is 1.26 bits per heavy atom. The van der Waals surface area contributed by atoms with Crippen LogP contribution in [0.2, 0.25) is 0 Å². The maximum atomic E-state index is 12.8. The van der Waals surface area contributed by atoms with Crippen LogP contribution < -0.4 is 11.1 Å². The van der Waals surface area contributed by atoms with Crippen molar-refractivity contribution in [3.63, 3.8) is 0 Å². The Morgan fingerprint density at radius 2 is 1.89 bits per heavy atom. The van der Waals surface area contributed by atoms with Crippen LogP contribution in [0, 0.1) is 5.41 Å². The van der Waals surface area contributed by atoms with Gasteiger partial charge in [-0.25, -0.2) is 0 Å². The number of rotatable bonds is 7. The summed E-state index contributed by atoms with van der Waals surface area (Å²) in [7, 11) is 0. The maximum absolute atomic E-state index is 12.8. The van der Waals surface area contributed by atoms with Gasteiger partial charge in [-0.1, -0.05) is 19.9 Å². The van der Waals surface area contributed by atoms with Crippen molar-refractivity contribution in [1.82, 2.24) is 4.90 Å². The zero-order valence-electron chi connectivity index (χ0n) is 16.9. The number of ether oxygens (including phenoxy) is 1. The number of anilines is 1. The van der Waals surface area contributed by atoms with Gasteiger partial charge in [0, 0.05) is 42.8 Å². The van der Waals surface area contributed by atoms with E-state index in [1.54, 1.807) is 29.2 Å². The third-order valence-corrected chi connectivity index (χ3v) is 5.65. The van der Waals surface area contributed by atoms with E-state index in [1.165, 1.54) is 0 Å². The average molecular weight is 398 g/mol. The third-order valence-electron chi connectivity index (χ3n) is 5.65. The Kier molecular flexibility index (Phi) is 7.84. The van der Waals surface area contributed by atoms with Crippen LogP contribution in [0.25, 0.3) is 0 Å². The fourth-order valence-electron chi connectivity index (χ4n) is 3.49. The average Bonchev–Trinajstić information content (AvgIpc) is 2.62. The van der Waals surface area contributed by atoms with Crippen molar-refractivity contribution in [2.24, 2.45) is 11.1 Å². The summed E-state index contributed by atoms with van der Waals surface area (Å²) >= 11 is 0. The summed E-state index contributed by atoms with van der Waals surface area (Å²) < 4.78 is 5.68. The number of halogens is 1. The summed E-state index contributed by atoms with van der Waals surface area (Å²) in [5.74, 6) is -0.292. The van der Waals surface area contributed by atoms with Gasteiger partial charge in [-0.2, -0.15) is 0 Å². The van der Waals surface area contributed by atoms with Crippen LogP contribution in [-0.2, 0) is 9.53 Å². The summed E-state index contributed by atoms with van der Waals surface area (Å²) in [6, 6.07) is 7.00. The minimum Gasteiger partial charge on any atom is -0.378 e. The molecule has 0 radical (unpaired) electrons. The van der Waals surface area contributed by atoms with E-state index in [0.29, 0.717) is 37.4 Å². The van der Waals surface area contributed by atoms with Crippen LogP contribution in [0.15, 0.2) is 24.3 Å². The first-order valence-corrected chi connectivity index (χ1v) is 9.32. The lowest BCUT2D eigenvalue weighted by atomic mass is 9.54. The van der Waals surface area contributed by atoms with Crippen LogP contribution in [0.5, 0.6) is 0 Å². The number of hydrogen-bond acceptors (Lipinski definition) is 4. The molecule has 0 heterocycles. The van der Waals surface area contributed by atoms with Crippen molar-refractivity contribution < 1.29 is 14.3 Å². The Bertz CT molecular complexity index is 676. The van der Waals surface area contributed by atoms with Crippen molar-refractivity contribution in [1.29, 1.82) is 0 Å². The molecule has 0 saturated heterocycles. The maximum Gasteiger partial charge on any atom is 0.253 e. The zero-order chi connectivity index (χ0) is 19.5. The topological polar surface area (TPSA) is 84.7 Å². The van der Waals surface area contributed by atoms with E-state index >= 15 is 0 Å². The summed E-state index contributed by atoms with van der Waals surface area (Å²) in [6.07, 6.45) is 0.455. The Balaban J connectivity index is 0.00000364. The highest BCUT2D eigenvalue weighted by molar-refractivity contribution is 6.01. The molecule has 3 N–H and O–H groups in total. The molecule has 0 spiro atoms. The number of benzene rings is 1. The molecule has 1 saturated carbocycles. The predicted molar refractivity (Wildman–Crippen MR) is 110 cm³/mol. The Hall–Kier alpha value is -1.63. The first-order chi connectivity index (χ1) is 12.2. The van der Waals surface area contributed by atoms with Crippen LogP contribution in [0.4, 0.5) is 5.69 Å². The number of nitrogens with one attached hydrogen (secondary N) is 1. The fraction of sp³-hybridized carbons (Fsp3) is 0.600. The second-order valence-electron chi connectivity index (χ2n) is 7.35. The smallest absolute Gasteiger partial charge is 0.253 e. The van der Waals surface area contributed by atoms with Crippen molar-refractivity contribution in [2.45, 2.75) is 52.7 Å². The molecule has 1 aromatic carbocycles. The molecule has 1 fully saturated rings. The van der Waals surface area contributed by atoms with Crippen LogP contribution in [0.1, 0.15) is 51.4 Å². The SMILES string of the molecule is CCOC1CC(N)(C(=O)Nc2cccc(C(=O)N(CC)CC)c2)C1(C)C.Cl. The summed E-state index contributed by atoms with van der Waals surface area (Å²) in [6.45, 7) is 11.6. The van der Waals surface area contributed by atoms with Gasteiger partial charge in [0.15, 0.2) is 0 Å². The quantitative estimate of drug-likeness (QED) is 0.740. The molecule has 27 heavy (non-hydrogen) atoms. The van der Waals surface area contributed by atoms with Gasteiger partial charge in [-0.05, 0) is 39.0 Å². The number of carbonyl (C=O) groups is 2. The van der Waals surface area contributed by atoms with Crippen molar-refractivity contribution >= 4 is 29.9 Å². The van der Waals surface area contributed by atoms with Crippen molar-refractivity contribution in [3.05, 3.63) is 29.8 Å². The molecule has 2 unspecified atom stereocenters. The van der Waals surface area contributed by atoms with Crippen molar-refractivity contribution in [3.8, 4) is 0 Å². The molecule has 2 atom stereocenters. The Morgan fingerprint density at radius 3 is 2.41 bits per heavy atom. The van der Waals surface area contributed by atoms with Gasteiger partial charge in [0.25, 0.3) is 5.91 Å². The number of hydrogen-bond donors (Lipinski definition) is 2. The summed E-state index contributed by atoms with van der Waals surface area (Å²) in [5, 5.41) is 2.88. The predicted octanol–water partition coefficient (Wildman–Crippen LogP) is 3.06. The number of carbonyl (C=O) groups excluding carboxylic acids is 2. The molecule has 1 aliphatic rings. The molecule has 0 aromatic heterocycles. The molecular weight excluding hydrogens is 366 g/mol. The van der Waals surface area contributed by atoms with Gasteiger partial charge in [0.1, 0.15) is 5.54 Å². The standard InChI is InChI=1S/C20H31N3O3.ClH/c1-6-23(7-2)17(24)14-10-9-11-15(12-14)22-18(25)20(21)13-16(26-8-3)19(20,4)5;/h9-12,16H,6-8,13,21H2,1-5H3,(H,22,25);1H. The lowest BCUT2D eigenvalue weighted by Gasteiger charge is -2.57. The molecular formula is C20H32ClN3O3. The van der Waals surface area contributed by atoms with Crippen LogP contribution in [-0.4, -0.2) is 48.1 Å². The van der Waals surface area contributed by atoms with Gasteiger partial charge >= 0.3 is 0 Å². The van der Waals surface area contributed by atoms with Gasteiger partial charge in [-0.3, -0.25) is 9.59 Å². The van der Waals surface area contributed by atoms with E-state index in [-0.39, 0.29) is 30.3 Å². The zero-order valence-corrected chi connectivity index (χ0v) is 17.7. The molecule has 0 aliphatic heterocycles. The van der Waals surface area contributed by atoms with E-state index in [2.05, 4.69) is 5.32 Å². The minimum absolute atomic E-state index is 0. The van der Waals surface area contributed by atoms with Gasteiger partial charge < -0.3 is 20.7 Å². The highest BCUT2D eigenvalue weighted by atomic mass is 35.5. The largest absolute Gasteiger partial charge is 0.378 e. The molecule has 1 aliphatic carbocycles. The van der Waals surface area contributed by atoms with Crippen LogP contribution >= 0.6 is 12.4 Å². The molecule has 6 nitrogen and oxygen atoms in total. The second kappa shape index (κ2) is 9.04. The van der Waals surface area contributed by atoms with Gasteiger partial charge in [0.2, 0.25) is 5.91 Å². The molecule has 7 heteroatoms. The molecule has 152 valence electrons. The minimum atomic E-state index is -0.994. The van der Waals surface area contributed by atoms with E-state index in [1.807, 2.05) is 34.6 Å². The normalized spacial score (nSPS) is 23.0. The van der Waals surface area contributed by atoms with Crippen molar-refractivity contribution in [2.75, 3.05) is 25.0 Å². The lowest BCUT2D eigenvalue weighted by molar-refractivity contribution is -0.166. The highest BCUT2D eigenvalue weighted by Crippen LogP contribution is 2.50. The van der Waals surface area contributed by atoms with E-state index in [9.17, 15) is 9.59 Å². The molecule has 0 bridgehead atoms. The highest BCUT2D eigenvalue weighted by Gasteiger charge is 2.62. The van der Waals surface area contributed by atoms with Gasteiger partial charge in [0.05, 0.1) is 6.10 Å². The van der Waals surface area contributed by atoms with Gasteiger partial charge in [-0.15, -0.1) is 12.4 Å². The molecule has 2 amide bonds. The number of nitrogens with two attached hydrogens (primary N) is 1. The summed E-state index contributed by atoms with van der Waals surface area (Å²) in [4.78, 5) is 27.1. The second-order valence-corrected chi connectivity index (χ2v) is 7.35. The van der Waals surface area contributed by atoms with Crippen LogP contribution in [0.3, 0.4) is 0 Å². The summed E-state index contributed by atoms with van der Waals surface area (Å²) in [5.41, 5.74) is 6.09. The fourth-order valence-corrected chi connectivity index (χ4v) is 3.49. The third kappa shape index (κ3) is 4.28. The molecule has 1 aromatic rings. The first kappa shape index (κ1) is 23.4.